The van der Waals surface area contributed by atoms with Crippen LogP contribution < -0.4 is 28.9 Å². The molecule has 25 heavy (non-hydrogen) atoms. The predicted octanol–water partition coefficient (Wildman–Crippen LogP) is 1.72. The minimum Gasteiger partial charge on any atom is -1.00 e. The summed E-state index contributed by atoms with van der Waals surface area (Å²) in [7, 11) is 0.344. The van der Waals surface area contributed by atoms with Crippen molar-refractivity contribution in [1.29, 1.82) is 0 Å². The van der Waals surface area contributed by atoms with Crippen molar-refractivity contribution in [2.45, 2.75) is 40.2 Å². The number of ketones is 1. The molecule has 0 fully saturated rings. The summed E-state index contributed by atoms with van der Waals surface area (Å²) < 4.78 is 11.4. The molecule has 0 N–H and O–H groups in total. The van der Waals surface area contributed by atoms with E-state index in [1.807, 2.05) is 70.2 Å². The summed E-state index contributed by atoms with van der Waals surface area (Å²) in [5, 5.41) is 1.12. The van der Waals surface area contributed by atoms with E-state index in [2.05, 4.69) is 0 Å². The van der Waals surface area contributed by atoms with E-state index >= 15 is 0 Å². The molecule has 0 aliphatic carbocycles. The number of Topliss-reactive ketones (excluding diaryl/α,β-unsaturated/α-hetero) is 1. The van der Waals surface area contributed by atoms with Crippen molar-refractivity contribution in [2.24, 2.45) is 0 Å². The second kappa shape index (κ2) is 10.8. The fourth-order valence-electron chi connectivity index (χ4n) is 2.61. The third-order valence-electron chi connectivity index (χ3n) is 3.86. The molecule has 0 radical (unpaired) electrons. The van der Waals surface area contributed by atoms with Gasteiger partial charge in [-0.05, 0) is 67.9 Å². The van der Waals surface area contributed by atoms with Crippen molar-refractivity contribution in [2.75, 3.05) is 6.61 Å². The molecule has 2 rings (SSSR count). The van der Waals surface area contributed by atoms with E-state index in [0.29, 0.717) is 27.6 Å². The zero-order chi connectivity index (χ0) is 17.5. The minimum absolute atomic E-state index is 0. The third-order valence-corrected chi connectivity index (χ3v) is 4.86. The van der Waals surface area contributed by atoms with Crippen molar-refractivity contribution in [3.05, 3.63) is 59.2 Å². The van der Waals surface area contributed by atoms with Crippen LogP contribution in [0.2, 0.25) is 0 Å². The fourth-order valence-corrected chi connectivity index (χ4v) is 3.22. The molecule has 2 atom stereocenters. The molecule has 0 bridgehead atoms. The van der Waals surface area contributed by atoms with Crippen LogP contribution in [0.3, 0.4) is 0 Å². The van der Waals surface area contributed by atoms with Crippen molar-refractivity contribution in [1.82, 2.24) is 0 Å². The van der Waals surface area contributed by atoms with Gasteiger partial charge in [-0.3, -0.25) is 4.79 Å². The maximum Gasteiger partial charge on any atom is 1.00 e. The Hall–Kier alpha value is -1.10. The molecule has 2 aromatic rings. The summed E-state index contributed by atoms with van der Waals surface area (Å²) in [6.45, 7) is 8.60. The molecular formula is C20H26LiO3P. The van der Waals surface area contributed by atoms with E-state index in [1.54, 1.807) is 0 Å². The zero-order valence-corrected chi connectivity index (χ0v) is 16.8. The summed E-state index contributed by atoms with van der Waals surface area (Å²) in [4.78, 5) is 12.9. The maximum absolute atomic E-state index is 12.9. The van der Waals surface area contributed by atoms with Gasteiger partial charge in [0.25, 0.3) is 0 Å². The number of carbonyl (C=O) groups excluding carboxylic acids is 1. The third kappa shape index (κ3) is 5.98. The number of benzene rings is 2. The average molecular weight is 352 g/mol. The number of hydrogen-bond acceptors (Lipinski definition) is 3. The van der Waals surface area contributed by atoms with Crippen LogP contribution in [-0.4, -0.2) is 18.5 Å². The number of hydrogen-bond donors (Lipinski definition) is 0. The van der Waals surface area contributed by atoms with Gasteiger partial charge in [0.1, 0.15) is 5.75 Å². The van der Waals surface area contributed by atoms with E-state index < -0.39 is 6.10 Å². The first-order chi connectivity index (χ1) is 11.6. The number of ether oxygens (including phenoxy) is 1. The van der Waals surface area contributed by atoms with Crippen molar-refractivity contribution < 1.29 is 34.3 Å². The van der Waals surface area contributed by atoms with E-state index in [0.717, 1.165) is 22.0 Å². The Balaban J connectivity index is 0.00000312. The van der Waals surface area contributed by atoms with Crippen LogP contribution in [0.25, 0.3) is 0 Å². The second-order valence-corrected chi connectivity index (χ2v) is 6.78. The van der Waals surface area contributed by atoms with Gasteiger partial charge < -0.3 is 10.7 Å². The fraction of sp³-hybridized carbons (Fsp3) is 0.350. The van der Waals surface area contributed by atoms with Crippen LogP contribution in [0.4, 0.5) is 0 Å². The molecule has 0 aliphatic heterocycles. The van der Waals surface area contributed by atoms with Gasteiger partial charge >= 0.3 is 18.9 Å². The van der Waals surface area contributed by atoms with Crippen LogP contribution in [0, 0.1) is 13.8 Å². The van der Waals surface area contributed by atoms with Crippen LogP contribution in [0.1, 0.15) is 43.2 Å². The first-order valence-corrected chi connectivity index (χ1v) is 9.22. The second-order valence-electron chi connectivity index (χ2n) is 5.71. The topological polar surface area (TPSA) is 35.5 Å². The molecule has 0 aliphatic rings. The van der Waals surface area contributed by atoms with Gasteiger partial charge in [-0.15, -0.1) is 0 Å². The van der Waals surface area contributed by atoms with Gasteiger partial charge in [-0.25, -0.2) is 0 Å². The van der Waals surface area contributed by atoms with Crippen molar-refractivity contribution >= 4 is 19.9 Å². The molecular weight excluding hydrogens is 326 g/mol. The Morgan fingerprint density at radius 1 is 1.08 bits per heavy atom. The van der Waals surface area contributed by atoms with E-state index in [4.69, 9.17) is 9.26 Å². The van der Waals surface area contributed by atoms with Gasteiger partial charge in [0.05, 0.1) is 0 Å². The summed E-state index contributed by atoms with van der Waals surface area (Å²) in [5.74, 6) is 0.764. The van der Waals surface area contributed by atoms with Gasteiger partial charge in [-0.1, -0.05) is 25.1 Å². The maximum atomic E-state index is 12.9. The monoisotopic (exact) mass is 352 g/mol. The molecule has 3 nitrogen and oxygen atoms in total. The molecule has 0 amide bonds. The van der Waals surface area contributed by atoms with E-state index in [-0.39, 0.29) is 26.1 Å². The van der Waals surface area contributed by atoms with Gasteiger partial charge in [0, 0.05) is 21.0 Å². The van der Waals surface area contributed by atoms with Crippen LogP contribution in [-0.2, 0) is 4.52 Å². The molecule has 5 heteroatoms. The number of aryl methyl sites for hydroxylation is 2. The summed E-state index contributed by atoms with van der Waals surface area (Å²) in [6.07, 6.45) is 0.166. The quantitative estimate of drug-likeness (QED) is 0.412. The molecule has 2 unspecified atom stereocenters. The Morgan fingerprint density at radius 2 is 1.68 bits per heavy atom. The van der Waals surface area contributed by atoms with Crippen LogP contribution in [0.15, 0.2) is 42.5 Å². The van der Waals surface area contributed by atoms with Crippen molar-refractivity contribution in [3.63, 3.8) is 0 Å². The zero-order valence-electron chi connectivity index (χ0n) is 16.8. The molecule has 0 saturated carbocycles. The Kier molecular flexibility index (Phi) is 9.47. The first kappa shape index (κ1) is 21.9. The predicted molar refractivity (Wildman–Crippen MR) is 102 cm³/mol. The van der Waals surface area contributed by atoms with E-state index in [9.17, 15) is 4.79 Å². The molecule has 2 aromatic carbocycles. The number of rotatable bonds is 8. The van der Waals surface area contributed by atoms with Gasteiger partial charge in [0.15, 0.2) is 6.10 Å². The average Bonchev–Trinajstić information content (AvgIpc) is 2.58. The summed E-state index contributed by atoms with van der Waals surface area (Å²) >= 11 is 0. The largest absolute Gasteiger partial charge is 1.00 e. The van der Waals surface area contributed by atoms with E-state index in [1.165, 1.54) is 0 Å². The van der Waals surface area contributed by atoms with Crippen molar-refractivity contribution in [3.8, 4) is 5.75 Å². The standard InChI is InChI=1S/C20H25O3P.Li.H/c1-5-18(20(21)19-14(3)8-7-9-15(19)4)23-16-10-12-17(13-11-16)24-22-6-2;;/h7-13,18,24H,5-6H2,1-4H3;;/q;+1;-1. The first-order valence-electron chi connectivity index (χ1n) is 8.31. The van der Waals surface area contributed by atoms with Crippen LogP contribution in [0.5, 0.6) is 5.75 Å². The Morgan fingerprint density at radius 3 is 2.20 bits per heavy atom. The molecule has 130 valence electrons. The molecule has 0 saturated heterocycles. The summed E-state index contributed by atoms with van der Waals surface area (Å²) in [6, 6.07) is 13.7. The van der Waals surface area contributed by atoms with Gasteiger partial charge in [0.2, 0.25) is 5.78 Å². The smallest absolute Gasteiger partial charge is 1.00 e. The Bertz CT molecular complexity index is 672. The Labute approximate surface area is 166 Å². The van der Waals surface area contributed by atoms with Crippen LogP contribution >= 0.6 is 8.81 Å². The normalized spacial score (nSPS) is 12.0. The molecule has 0 aromatic heterocycles. The molecule has 0 heterocycles. The molecule has 0 spiro atoms. The number of carbonyl (C=O) groups is 1. The van der Waals surface area contributed by atoms with Gasteiger partial charge in [-0.2, -0.15) is 0 Å². The SMILES string of the molecule is CCOPc1ccc(OC(CC)C(=O)c2c(C)cccc2C)cc1.[H-].[Li+]. The minimum atomic E-state index is -0.468. The summed E-state index contributed by atoms with van der Waals surface area (Å²) in [5.41, 5.74) is 2.77.